The summed E-state index contributed by atoms with van der Waals surface area (Å²) in [4.78, 5) is 26.3. The monoisotopic (exact) mass is 364 g/mol. The fourth-order valence-corrected chi connectivity index (χ4v) is 3.03. The number of aliphatic imine (C=N–C) groups is 1. The van der Waals surface area contributed by atoms with E-state index in [4.69, 9.17) is 30.5 Å². The summed E-state index contributed by atoms with van der Waals surface area (Å²) in [6.45, 7) is -4.02. The van der Waals surface area contributed by atoms with Gasteiger partial charge in [0, 0.05) is 6.42 Å². The quantitative estimate of drug-likeness (QED) is 0.343. The Labute approximate surface area is 136 Å². The van der Waals surface area contributed by atoms with E-state index in [1.807, 2.05) is 0 Å². The number of rotatable bonds is 4. The standard InChI is InChI=1S/C10H17N6O5PS/c11-8-7-9(15-10(12)14-8)16(3-13-7)6-1-4(17)5(21-6)2-20-22(18,19)23/h3-6,8,17H,1-2,11H2,(H3,12,14,15)(H2,18,19,23). The van der Waals surface area contributed by atoms with Gasteiger partial charge in [0.2, 0.25) is 0 Å². The molecule has 0 amide bonds. The number of nitrogens with two attached hydrogens (primary N) is 2. The molecule has 2 aliphatic rings. The highest BCUT2D eigenvalue weighted by Crippen LogP contribution is 2.39. The molecule has 0 aliphatic carbocycles. The summed E-state index contributed by atoms with van der Waals surface area (Å²) < 4.78 is 12.1. The molecule has 2 aliphatic heterocycles. The van der Waals surface area contributed by atoms with Crippen LogP contribution in [0.1, 0.15) is 24.5 Å². The Hall–Kier alpha value is -1.11. The first-order valence-corrected chi connectivity index (χ1v) is 9.33. The second kappa shape index (κ2) is 6.07. The van der Waals surface area contributed by atoms with Crippen molar-refractivity contribution in [2.75, 3.05) is 11.9 Å². The van der Waals surface area contributed by atoms with E-state index in [1.165, 1.54) is 6.33 Å². The van der Waals surface area contributed by atoms with Crippen LogP contribution in [0.5, 0.6) is 0 Å². The maximum absolute atomic E-state index is 10.0. The van der Waals surface area contributed by atoms with Gasteiger partial charge in [-0.3, -0.25) is 4.57 Å². The number of aliphatic hydroxyl groups is 1. The third-order valence-corrected chi connectivity index (χ3v) is 4.35. The zero-order valence-corrected chi connectivity index (χ0v) is 13.5. The molecule has 0 saturated carbocycles. The zero-order chi connectivity index (χ0) is 16.8. The first-order chi connectivity index (χ1) is 10.7. The SMILES string of the molecule is NC1=NC(N)c2ncn(C3CC(O)C(COP(O)(O)=S)O3)c2N1. The number of aromatic nitrogens is 2. The molecular formula is C10H17N6O5PS. The Morgan fingerprint density at radius 1 is 1.57 bits per heavy atom. The number of imidazole rings is 1. The first-order valence-electron chi connectivity index (χ1n) is 6.71. The Morgan fingerprint density at radius 2 is 2.30 bits per heavy atom. The largest absolute Gasteiger partial charge is 0.390 e. The third-order valence-electron chi connectivity index (χ3n) is 3.55. The minimum atomic E-state index is -3.80. The van der Waals surface area contributed by atoms with Gasteiger partial charge in [-0.25, -0.2) is 9.98 Å². The van der Waals surface area contributed by atoms with Crippen LogP contribution in [0.25, 0.3) is 0 Å². The lowest BCUT2D eigenvalue weighted by molar-refractivity contribution is -0.0404. The number of nitrogens with one attached hydrogen (secondary N) is 1. The highest BCUT2D eigenvalue weighted by Gasteiger charge is 2.38. The topological polar surface area (TPSA) is 173 Å². The molecule has 0 bridgehead atoms. The Balaban J connectivity index is 1.74. The van der Waals surface area contributed by atoms with Crippen molar-refractivity contribution in [1.82, 2.24) is 9.55 Å². The van der Waals surface area contributed by atoms with E-state index in [0.717, 1.165) is 0 Å². The van der Waals surface area contributed by atoms with E-state index in [9.17, 15) is 5.11 Å². The van der Waals surface area contributed by atoms with Crippen LogP contribution in [-0.4, -0.2) is 49.2 Å². The van der Waals surface area contributed by atoms with Crippen LogP contribution < -0.4 is 16.8 Å². The fourth-order valence-electron chi connectivity index (χ4n) is 2.51. The van der Waals surface area contributed by atoms with E-state index >= 15 is 0 Å². The number of hydrogen-bond donors (Lipinski definition) is 6. The number of aliphatic hydroxyl groups excluding tert-OH is 1. The Morgan fingerprint density at radius 3 is 3.00 bits per heavy atom. The summed E-state index contributed by atoms with van der Waals surface area (Å²) in [6.07, 6.45) is -1.06. The van der Waals surface area contributed by atoms with Crippen LogP contribution in [0.2, 0.25) is 0 Å². The number of hydrogen-bond acceptors (Lipinski definition) is 9. The van der Waals surface area contributed by atoms with Crippen LogP contribution in [0, 0.1) is 0 Å². The number of guanidine groups is 1. The molecule has 0 aromatic carbocycles. The number of nitrogens with zero attached hydrogens (tertiary/aromatic N) is 3. The predicted molar refractivity (Wildman–Crippen MR) is 83.6 cm³/mol. The molecule has 8 N–H and O–H groups in total. The van der Waals surface area contributed by atoms with Crippen molar-refractivity contribution < 1.29 is 24.2 Å². The van der Waals surface area contributed by atoms with E-state index in [1.54, 1.807) is 4.57 Å². The van der Waals surface area contributed by atoms with Crippen LogP contribution in [0.3, 0.4) is 0 Å². The molecule has 23 heavy (non-hydrogen) atoms. The minimum Gasteiger partial charge on any atom is -0.390 e. The van der Waals surface area contributed by atoms with Gasteiger partial charge in [-0.15, -0.1) is 0 Å². The van der Waals surface area contributed by atoms with Gasteiger partial charge in [0.1, 0.15) is 30.0 Å². The Bertz CT molecular complexity index is 677. The number of anilines is 1. The highest BCUT2D eigenvalue weighted by atomic mass is 32.5. The van der Waals surface area contributed by atoms with Gasteiger partial charge in [-0.1, -0.05) is 0 Å². The summed E-state index contributed by atoms with van der Waals surface area (Å²) >= 11 is 4.37. The molecule has 1 aromatic heterocycles. The molecule has 4 unspecified atom stereocenters. The van der Waals surface area contributed by atoms with Crippen LogP contribution >= 0.6 is 6.72 Å². The van der Waals surface area contributed by atoms with Gasteiger partial charge in [-0.05, 0) is 11.8 Å². The molecule has 1 aromatic rings. The average Bonchev–Trinajstić information content (AvgIpc) is 2.99. The van der Waals surface area contributed by atoms with Gasteiger partial charge in [0.15, 0.2) is 5.96 Å². The van der Waals surface area contributed by atoms with Crippen molar-refractivity contribution in [1.29, 1.82) is 0 Å². The van der Waals surface area contributed by atoms with Crippen molar-refractivity contribution in [3.63, 3.8) is 0 Å². The molecule has 0 spiro atoms. The van der Waals surface area contributed by atoms with Gasteiger partial charge < -0.3 is 40.9 Å². The second-order valence-electron chi connectivity index (χ2n) is 5.19. The van der Waals surface area contributed by atoms with Gasteiger partial charge in [0.05, 0.1) is 19.0 Å². The molecule has 1 saturated heterocycles. The first kappa shape index (κ1) is 16.7. The van der Waals surface area contributed by atoms with E-state index in [-0.39, 0.29) is 19.0 Å². The molecular weight excluding hydrogens is 347 g/mol. The van der Waals surface area contributed by atoms with Crippen molar-refractivity contribution in [3.05, 3.63) is 12.0 Å². The average molecular weight is 364 g/mol. The lowest BCUT2D eigenvalue weighted by atomic mass is 10.2. The molecule has 3 heterocycles. The summed E-state index contributed by atoms with van der Waals surface area (Å²) in [6, 6.07) is 0. The maximum Gasteiger partial charge on any atom is 0.321 e. The number of ether oxygens (including phenoxy) is 1. The molecule has 3 rings (SSSR count). The molecule has 128 valence electrons. The normalized spacial score (nSPS) is 30.7. The summed E-state index contributed by atoms with van der Waals surface area (Å²) in [5, 5.41) is 12.9. The second-order valence-corrected chi connectivity index (χ2v) is 7.85. The van der Waals surface area contributed by atoms with E-state index in [0.29, 0.717) is 11.5 Å². The van der Waals surface area contributed by atoms with Crippen LogP contribution in [-0.2, 0) is 21.1 Å². The molecule has 1 fully saturated rings. The molecule has 13 heteroatoms. The Kier molecular flexibility index (Phi) is 4.42. The van der Waals surface area contributed by atoms with Crippen molar-refractivity contribution in [2.24, 2.45) is 16.5 Å². The fraction of sp³-hybridized carbons (Fsp3) is 0.600. The lowest BCUT2D eigenvalue weighted by Gasteiger charge is -2.21. The summed E-state index contributed by atoms with van der Waals surface area (Å²) in [5.74, 6) is 0.699. The summed E-state index contributed by atoms with van der Waals surface area (Å²) in [5.41, 5.74) is 12.0. The van der Waals surface area contributed by atoms with Crippen LogP contribution in [0.15, 0.2) is 11.3 Å². The maximum atomic E-state index is 10.0. The van der Waals surface area contributed by atoms with Gasteiger partial charge in [0.25, 0.3) is 0 Å². The predicted octanol–water partition coefficient (Wildman–Crippen LogP) is -1.55. The summed E-state index contributed by atoms with van der Waals surface area (Å²) in [7, 11) is 0. The smallest absolute Gasteiger partial charge is 0.321 e. The number of fused-ring (bicyclic) bond motifs is 1. The zero-order valence-electron chi connectivity index (χ0n) is 11.8. The van der Waals surface area contributed by atoms with Crippen molar-refractivity contribution >= 4 is 30.3 Å². The lowest BCUT2D eigenvalue weighted by Crippen LogP contribution is -2.32. The van der Waals surface area contributed by atoms with Gasteiger partial charge in [-0.2, -0.15) is 0 Å². The minimum absolute atomic E-state index is 0.159. The van der Waals surface area contributed by atoms with E-state index in [2.05, 4.69) is 27.1 Å². The molecule has 11 nitrogen and oxygen atoms in total. The van der Waals surface area contributed by atoms with Crippen LogP contribution in [0.4, 0.5) is 5.82 Å². The van der Waals surface area contributed by atoms with Crippen molar-refractivity contribution in [2.45, 2.75) is 31.0 Å². The third kappa shape index (κ3) is 3.54. The van der Waals surface area contributed by atoms with Gasteiger partial charge >= 0.3 is 6.72 Å². The highest BCUT2D eigenvalue weighted by molar-refractivity contribution is 8.06. The van der Waals surface area contributed by atoms with E-state index < -0.39 is 31.3 Å². The van der Waals surface area contributed by atoms with Crippen molar-refractivity contribution in [3.8, 4) is 0 Å². The molecule has 4 atom stereocenters. The molecule has 0 radical (unpaired) electrons.